The van der Waals surface area contributed by atoms with E-state index in [1.165, 1.54) is 25.0 Å². The molecule has 0 bridgehead atoms. The van der Waals surface area contributed by atoms with Crippen molar-refractivity contribution in [3.05, 3.63) is 24.8 Å². The maximum Gasteiger partial charge on any atom is 0.134 e. The van der Waals surface area contributed by atoms with Gasteiger partial charge in [-0.3, -0.25) is 0 Å². The summed E-state index contributed by atoms with van der Waals surface area (Å²) >= 11 is 0. The van der Waals surface area contributed by atoms with Crippen LogP contribution in [0.5, 0.6) is 0 Å². The Labute approximate surface area is 122 Å². The smallest absolute Gasteiger partial charge is 0.134 e. The van der Waals surface area contributed by atoms with Gasteiger partial charge in [0.15, 0.2) is 0 Å². The molecule has 0 unspecified atom stereocenters. The molecule has 0 spiro atoms. The second kappa shape index (κ2) is 12.5. The molecule has 0 amide bonds. The molecule has 3 nitrogen and oxygen atoms in total. The highest BCUT2D eigenvalue weighted by molar-refractivity contribution is 5.31. The van der Waals surface area contributed by atoms with Crippen molar-refractivity contribution in [3.8, 4) is 23.7 Å². The van der Waals surface area contributed by atoms with Crippen molar-refractivity contribution >= 4 is 0 Å². The predicted molar refractivity (Wildman–Crippen MR) is 81.7 cm³/mol. The van der Waals surface area contributed by atoms with Crippen LogP contribution < -0.4 is 0 Å². The number of hydrogen-bond donors (Lipinski definition) is 3. The highest BCUT2D eigenvalue weighted by atomic mass is 16.3. The van der Waals surface area contributed by atoms with Gasteiger partial charge in [-0.15, -0.1) is 0 Å². The van der Waals surface area contributed by atoms with Crippen molar-refractivity contribution in [3.63, 3.8) is 0 Å². The SMILES string of the molecule is C=C[C@H](O)C#CC#C[C@@H](O)/C=C\[C@H](O)CCCCCC. The summed E-state index contributed by atoms with van der Waals surface area (Å²) in [5.74, 6) is 9.75. The molecule has 0 aromatic rings. The summed E-state index contributed by atoms with van der Waals surface area (Å²) in [6.07, 6.45) is 7.02. The van der Waals surface area contributed by atoms with E-state index in [1.54, 1.807) is 6.08 Å². The van der Waals surface area contributed by atoms with Crippen molar-refractivity contribution in [2.24, 2.45) is 0 Å². The highest BCUT2D eigenvalue weighted by Gasteiger charge is 1.99. The van der Waals surface area contributed by atoms with Gasteiger partial charge in [0.25, 0.3) is 0 Å². The number of hydrogen-bond acceptors (Lipinski definition) is 3. The molecule has 0 radical (unpaired) electrons. The fraction of sp³-hybridized carbons (Fsp3) is 0.529. The molecule has 0 heterocycles. The fourth-order valence-electron chi connectivity index (χ4n) is 1.44. The van der Waals surface area contributed by atoms with Crippen molar-refractivity contribution in [2.75, 3.05) is 0 Å². The number of rotatable bonds is 8. The van der Waals surface area contributed by atoms with E-state index in [4.69, 9.17) is 5.11 Å². The lowest BCUT2D eigenvalue weighted by molar-refractivity contribution is 0.205. The van der Waals surface area contributed by atoms with Crippen molar-refractivity contribution in [1.82, 2.24) is 0 Å². The van der Waals surface area contributed by atoms with E-state index in [0.717, 1.165) is 12.8 Å². The first-order chi connectivity index (χ1) is 9.60. The molecule has 0 fully saturated rings. The van der Waals surface area contributed by atoms with E-state index in [1.807, 2.05) is 0 Å². The second-order valence-corrected chi connectivity index (χ2v) is 4.47. The van der Waals surface area contributed by atoms with Crippen LogP contribution in [0.1, 0.15) is 39.0 Å². The summed E-state index contributed by atoms with van der Waals surface area (Å²) in [6.45, 7) is 5.51. The van der Waals surface area contributed by atoms with E-state index in [-0.39, 0.29) is 0 Å². The lowest BCUT2D eigenvalue weighted by atomic mass is 10.1. The van der Waals surface area contributed by atoms with Crippen molar-refractivity contribution in [1.29, 1.82) is 0 Å². The van der Waals surface area contributed by atoms with E-state index in [0.29, 0.717) is 6.42 Å². The molecule has 0 saturated heterocycles. The predicted octanol–water partition coefficient (Wildman–Crippen LogP) is 1.79. The molecule has 0 aliphatic carbocycles. The van der Waals surface area contributed by atoms with Gasteiger partial charge >= 0.3 is 0 Å². The largest absolute Gasteiger partial charge is 0.389 e. The molecule has 0 saturated carbocycles. The number of aliphatic hydroxyl groups is 3. The monoisotopic (exact) mass is 276 g/mol. The summed E-state index contributed by atoms with van der Waals surface area (Å²) < 4.78 is 0. The van der Waals surface area contributed by atoms with E-state index >= 15 is 0 Å². The summed E-state index contributed by atoms with van der Waals surface area (Å²) in [7, 11) is 0. The molecule has 0 aliphatic rings. The van der Waals surface area contributed by atoms with Gasteiger partial charge in [0, 0.05) is 0 Å². The molecule has 0 aromatic heterocycles. The minimum absolute atomic E-state index is 0.544. The molecule has 3 N–H and O–H groups in total. The Hall–Kier alpha value is -1.52. The summed E-state index contributed by atoms with van der Waals surface area (Å²) in [5.41, 5.74) is 0. The van der Waals surface area contributed by atoms with Crippen LogP contribution in [0.25, 0.3) is 0 Å². The summed E-state index contributed by atoms with van der Waals surface area (Å²) in [4.78, 5) is 0. The van der Waals surface area contributed by atoms with Crippen LogP contribution in [0.3, 0.4) is 0 Å². The minimum atomic E-state index is -0.963. The first-order valence-electron chi connectivity index (χ1n) is 6.96. The molecule has 0 aromatic carbocycles. The zero-order chi connectivity index (χ0) is 15.2. The molecular weight excluding hydrogens is 252 g/mol. The first kappa shape index (κ1) is 18.5. The minimum Gasteiger partial charge on any atom is -0.389 e. The van der Waals surface area contributed by atoms with Crippen LogP contribution in [0.15, 0.2) is 24.8 Å². The maximum absolute atomic E-state index is 9.66. The number of unbranched alkanes of at least 4 members (excludes halogenated alkanes) is 3. The van der Waals surface area contributed by atoms with Crippen LogP contribution in [0.4, 0.5) is 0 Å². The van der Waals surface area contributed by atoms with Gasteiger partial charge < -0.3 is 15.3 Å². The zero-order valence-electron chi connectivity index (χ0n) is 12.0. The molecule has 0 rings (SSSR count). The maximum atomic E-state index is 9.66. The third-order valence-electron chi connectivity index (χ3n) is 2.59. The average Bonchev–Trinajstić information content (AvgIpc) is 2.45. The van der Waals surface area contributed by atoms with Gasteiger partial charge in [-0.2, -0.15) is 0 Å². The highest BCUT2D eigenvalue weighted by Crippen LogP contribution is 2.06. The number of aliphatic hydroxyl groups excluding tert-OH is 3. The lowest BCUT2D eigenvalue weighted by Gasteiger charge is -2.05. The van der Waals surface area contributed by atoms with Gasteiger partial charge in [-0.05, 0) is 24.3 Å². The average molecular weight is 276 g/mol. The Morgan fingerprint density at radius 2 is 1.60 bits per heavy atom. The van der Waals surface area contributed by atoms with Gasteiger partial charge in [0.05, 0.1) is 6.10 Å². The third-order valence-corrected chi connectivity index (χ3v) is 2.59. The first-order valence-corrected chi connectivity index (χ1v) is 6.96. The van der Waals surface area contributed by atoms with Crippen molar-refractivity contribution < 1.29 is 15.3 Å². The van der Waals surface area contributed by atoms with Crippen LogP contribution in [-0.2, 0) is 0 Å². The van der Waals surface area contributed by atoms with Gasteiger partial charge in [-0.25, -0.2) is 0 Å². The van der Waals surface area contributed by atoms with Gasteiger partial charge in [0.1, 0.15) is 12.2 Å². The van der Waals surface area contributed by atoms with E-state index in [2.05, 4.69) is 37.2 Å². The third kappa shape index (κ3) is 11.6. The molecule has 3 heteroatoms. The van der Waals surface area contributed by atoms with Gasteiger partial charge in [-0.1, -0.05) is 63.2 Å². The van der Waals surface area contributed by atoms with Crippen LogP contribution in [0, 0.1) is 23.7 Å². The topological polar surface area (TPSA) is 60.7 Å². The Balaban J connectivity index is 4.02. The Kier molecular flexibility index (Phi) is 11.6. The van der Waals surface area contributed by atoms with Crippen LogP contribution in [0.2, 0.25) is 0 Å². The molecule has 110 valence electrons. The molecule has 20 heavy (non-hydrogen) atoms. The summed E-state index contributed by atoms with van der Waals surface area (Å²) in [6, 6.07) is 0. The lowest BCUT2D eigenvalue weighted by Crippen LogP contribution is -2.05. The standard InChI is InChI=1S/C17H24O3/c1-3-5-6-7-11-16(19)13-14-17(20)12-9-8-10-15(18)4-2/h4,13-20H,2-3,5-7,11H2,1H3/b14-13-/t15-,16+,17+/m0/s1. The second-order valence-electron chi connectivity index (χ2n) is 4.47. The molecular formula is C17H24O3. The Morgan fingerprint density at radius 3 is 2.20 bits per heavy atom. The molecule has 3 atom stereocenters. The fourth-order valence-corrected chi connectivity index (χ4v) is 1.44. The van der Waals surface area contributed by atoms with Crippen LogP contribution >= 0.6 is 0 Å². The van der Waals surface area contributed by atoms with Gasteiger partial charge in [0.2, 0.25) is 0 Å². The van der Waals surface area contributed by atoms with Crippen molar-refractivity contribution in [2.45, 2.75) is 57.3 Å². The zero-order valence-corrected chi connectivity index (χ0v) is 12.0. The quantitative estimate of drug-likeness (QED) is 0.360. The van der Waals surface area contributed by atoms with E-state index in [9.17, 15) is 10.2 Å². The van der Waals surface area contributed by atoms with E-state index < -0.39 is 18.3 Å². The van der Waals surface area contributed by atoms with Crippen LogP contribution in [-0.4, -0.2) is 33.6 Å². The Bertz CT molecular complexity index is 403. The molecule has 0 aliphatic heterocycles. The normalized spacial score (nSPS) is 14.6. The Morgan fingerprint density at radius 1 is 0.950 bits per heavy atom. The summed E-state index contributed by atoms with van der Waals surface area (Å²) in [5, 5.41) is 28.2.